The number of carbonyl (C=O) groups is 4. The number of esters is 4. The Hall–Kier alpha value is -1.94. The van der Waals surface area contributed by atoms with E-state index < -0.39 is 97.5 Å². The predicted octanol–water partition coefficient (Wildman–Crippen LogP) is 16.9. The van der Waals surface area contributed by atoms with E-state index in [4.69, 9.17) is 37.0 Å². The minimum Gasteiger partial charge on any atom is -0.462 e. The quantitative estimate of drug-likeness (QED) is 0.0222. The molecule has 81 heavy (non-hydrogen) atoms. The van der Waals surface area contributed by atoms with Crippen LogP contribution >= 0.6 is 15.6 Å². The largest absolute Gasteiger partial charge is 0.472 e. The van der Waals surface area contributed by atoms with Gasteiger partial charge in [-0.1, -0.05) is 253 Å². The molecular weight excluding hydrogens is 1080 g/mol. The zero-order valence-corrected chi connectivity index (χ0v) is 53.9. The van der Waals surface area contributed by atoms with E-state index >= 15 is 0 Å². The first-order valence-corrected chi connectivity index (χ1v) is 35.5. The molecule has 0 saturated carbocycles. The van der Waals surface area contributed by atoms with Crippen LogP contribution in [0.1, 0.15) is 305 Å². The Labute approximate surface area is 492 Å². The summed E-state index contributed by atoms with van der Waals surface area (Å²) < 4.78 is 67.6. The number of aliphatic hydroxyl groups excluding tert-OH is 1. The van der Waals surface area contributed by atoms with Crippen LogP contribution in [0.25, 0.3) is 0 Å². The van der Waals surface area contributed by atoms with Gasteiger partial charge < -0.3 is 33.8 Å². The zero-order valence-electron chi connectivity index (χ0n) is 52.1. The summed E-state index contributed by atoms with van der Waals surface area (Å²) in [6.45, 7) is 9.31. The molecule has 0 rings (SSSR count). The number of rotatable bonds is 61. The second-order valence-corrected chi connectivity index (χ2v) is 26.3. The van der Waals surface area contributed by atoms with Crippen molar-refractivity contribution in [3.05, 3.63) is 0 Å². The molecule has 0 spiro atoms. The van der Waals surface area contributed by atoms with Crippen molar-refractivity contribution in [3.8, 4) is 0 Å². The van der Waals surface area contributed by atoms with E-state index in [2.05, 4.69) is 41.5 Å². The van der Waals surface area contributed by atoms with E-state index in [1.54, 1.807) is 0 Å². The molecule has 5 atom stereocenters. The van der Waals surface area contributed by atoms with Crippen molar-refractivity contribution >= 4 is 39.5 Å². The molecule has 0 amide bonds. The zero-order chi connectivity index (χ0) is 60.1. The third kappa shape index (κ3) is 56.9. The van der Waals surface area contributed by atoms with Crippen molar-refractivity contribution in [3.63, 3.8) is 0 Å². The van der Waals surface area contributed by atoms with Crippen LogP contribution in [-0.2, 0) is 65.4 Å². The lowest BCUT2D eigenvalue weighted by atomic mass is 10.0. The Bertz CT molecular complexity index is 1600. The molecule has 3 N–H and O–H groups in total. The van der Waals surface area contributed by atoms with Gasteiger partial charge in [0.2, 0.25) is 0 Å². The van der Waals surface area contributed by atoms with Gasteiger partial charge in [0, 0.05) is 25.7 Å². The van der Waals surface area contributed by atoms with Gasteiger partial charge in [-0.2, -0.15) is 0 Å². The first-order valence-electron chi connectivity index (χ1n) is 32.5. The van der Waals surface area contributed by atoms with Gasteiger partial charge >= 0.3 is 39.5 Å². The van der Waals surface area contributed by atoms with Crippen LogP contribution in [-0.4, -0.2) is 96.7 Å². The van der Waals surface area contributed by atoms with E-state index in [9.17, 15) is 43.2 Å². The van der Waals surface area contributed by atoms with E-state index in [0.29, 0.717) is 31.6 Å². The molecular formula is C62H120O17P2. The minimum absolute atomic E-state index is 0.104. The lowest BCUT2D eigenvalue weighted by Crippen LogP contribution is -2.30. The summed E-state index contributed by atoms with van der Waals surface area (Å²) in [4.78, 5) is 71.7. The predicted molar refractivity (Wildman–Crippen MR) is 321 cm³/mol. The highest BCUT2D eigenvalue weighted by Gasteiger charge is 2.30. The third-order valence-corrected chi connectivity index (χ3v) is 16.1. The highest BCUT2D eigenvalue weighted by Crippen LogP contribution is 2.45. The number of hydrogen-bond acceptors (Lipinski definition) is 15. The molecule has 0 aliphatic heterocycles. The molecule has 0 aliphatic carbocycles. The lowest BCUT2D eigenvalue weighted by Gasteiger charge is -2.21. The van der Waals surface area contributed by atoms with Gasteiger partial charge in [0.05, 0.1) is 26.4 Å². The van der Waals surface area contributed by atoms with Gasteiger partial charge in [0.25, 0.3) is 0 Å². The molecule has 19 heteroatoms. The summed E-state index contributed by atoms with van der Waals surface area (Å²) in [5.74, 6) is -0.664. The average Bonchev–Trinajstić information content (AvgIpc) is 3.42. The lowest BCUT2D eigenvalue weighted by molar-refractivity contribution is -0.161. The topological polar surface area (TPSA) is 237 Å². The summed E-state index contributed by atoms with van der Waals surface area (Å²) in [5, 5.41) is 10.5. The maximum atomic E-state index is 12.9. The molecule has 0 bridgehead atoms. The minimum atomic E-state index is -4.94. The molecule has 0 aromatic carbocycles. The summed E-state index contributed by atoms with van der Waals surface area (Å²) in [5.41, 5.74) is 0. The first kappa shape index (κ1) is 79.1. The molecule has 0 saturated heterocycles. The van der Waals surface area contributed by atoms with Gasteiger partial charge in [0.1, 0.15) is 19.3 Å². The first-order chi connectivity index (χ1) is 38.9. The molecule has 0 aromatic heterocycles. The van der Waals surface area contributed by atoms with Gasteiger partial charge in [-0.25, -0.2) is 9.13 Å². The Balaban J connectivity index is 5.08. The number of hydrogen-bond donors (Lipinski definition) is 3. The highest BCUT2D eigenvalue weighted by atomic mass is 31.2. The molecule has 0 heterocycles. The Morgan fingerprint density at radius 3 is 0.840 bits per heavy atom. The van der Waals surface area contributed by atoms with Crippen molar-refractivity contribution < 1.29 is 80.2 Å². The van der Waals surface area contributed by atoms with E-state index in [0.717, 1.165) is 115 Å². The number of phosphoric ester groups is 2. The maximum Gasteiger partial charge on any atom is 0.472 e. The summed E-state index contributed by atoms with van der Waals surface area (Å²) in [6, 6.07) is 0. The number of aliphatic hydroxyl groups is 1. The van der Waals surface area contributed by atoms with Crippen molar-refractivity contribution in [2.45, 2.75) is 323 Å². The molecule has 0 radical (unpaired) electrons. The second-order valence-electron chi connectivity index (χ2n) is 23.4. The standard InChI is InChI=1S/C62H120O17P2/c1-7-9-11-13-14-26-34-40-46-61(66)78-57(50-72-59(64)44-38-30-12-10-8-2)52-76-80(68,69)74-48-56(63)49-75-81(70,71)77-53-58(51-73-60(65)45-39-33-29-28-32-37-43-55(5)6)79-62(67)47-41-35-27-24-22-20-18-16-15-17-19-21-23-25-31-36-42-54(3)4/h54-58,63H,7-53H2,1-6H3,(H,68,69)(H,70,71)/t56-,57+,58+/m0/s1. The van der Waals surface area contributed by atoms with Gasteiger partial charge in [-0.05, 0) is 37.5 Å². The van der Waals surface area contributed by atoms with E-state index in [-0.39, 0.29) is 25.7 Å². The Morgan fingerprint density at radius 2 is 0.568 bits per heavy atom. The van der Waals surface area contributed by atoms with Crippen molar-refractivity contribution in [2.24, 2.45) is 11.8 Å². The summed E-state index contributed by atoms with van der Waals surface area (Å²) in [6.07, 6.45) is 36.9. The molecule has 0 aromatic rings. The molecule has 17 nitrogen and oxygen atoms in total. The summed E-state index contributed by atoms with van der Waals surface area (Å²) in [7, 11) is -9.87. The van der Waals surface area contributed by atoms with E-state index in [1.807, 2.05) is 0 Å². The maximum absolute atomic E-state index is 12.9. The summed E-state index contributed by atoms with van der Waals surface area (Å²) >= 11 is 0. The van der Waals surface area contributed by atoms with Crippen LogP contribution in [0.2, 0.25) is 0 Å². The Kier molecular flexibility index (Phi) is 53.4. The molecule has 480 valence electrons. The van der Waals surface area contributed by atoms with Gasteiger partial charge in [-0.15, -0.1) is 0 Å². The fraction of sp³-hybridized carbons (Fsp3) is 0.935. The number of unbranched alkanes of at least 4 members (excludes halogenated alkanes) is 31. The van der Waals surface area contributed by atoms with Crippen LogP contribution in [0.4, 0.5) is 0 Å². The highest BCUT2D eigenvalue weighted by molar-refractivity contribution is 7.47. The number of phosphoric acid groups is 2. The Morgan fingerprint density at radius 1 is 0.333 bits per heavy atom. The third-order valence-electron chi connectivity index (χ3n) is 14.2. The molecule has 0 aliphatic rings. The van der Waals surface area contributed by atoms with Crippen molar-refractivity contribution in [1.82, 2.24) is 0 Å². The van der Waals surface area contributed by atoms with E-state index in [1.165, 1.54) is 103 Å². The molecule has 2 unspecified atom stereocenters. The fourth-order valence-electron chi connectivity index (χ4n) is 9.18. The number of carbonyl (C=O) groups excluding carboxylic acids is 4. The SMILES string of the molecule is CCCCCCCCCCC(=O)O[C@H](COC(=O)CCCCCCC)COP(=O)(O)OC[C@H](O)COP(=O)(O)OC[C@@H](COC(=O)CCCCCCCCC(C)C)OC(=O)CCCCCCCCCCCCCCCCCCC(C)C. The van der Waals surface area contributed by atoms with Crippen LogP contribution in [0.3, 0.4) is 0 Å². The van der Waals surface area contributed by atoms with Crippen LogP contribution in [0.5, 0.6) is 0 Å². The normalized spacial score (nSPS) is 14.4. The second kappa shape index (κ2) is 54.7. The van der Waals surface area contributed by atoms with Crippen molar-refractivity contribution in [1.29, 1.82) is 0 Å². The average molecular weight is 1200 g/mol. The van der Waals surface area contributed by atoms with Crippen LogP contribution in [0, 0.1) is 11.8 Å². The van der Waals surface area contributed by atoms with Gasteiger partial charge in [-0.3, -0.25) is 37.3 Å². The fourth-order valence-corrected chi connectivity index (χ4v) is 10.8. The van der Waals surface area contributed by atoms with Crippen LogP contribution < -0.4 is 0 Å². The van der Waals surface area contributed by atoms with Crippen LogP contribution in [0.15, 0.2) is 0 Å². The monoisotopic (exact) mass is 1200 g/mol. The molecule has 0 fully saturated rings. The smallest absolute Gasteiger partial charge is 0.462 e. The van der Waals surface area contributed by atoms with Crippen molar-refractivity contribution in [2.75, 3.05) is 39.6 Å². The number of ether oxygens (including phenoxy) is 4. The van der Waals surface area contributed by atoms with Gasteiger partial charge in [0.15, 0.2) is 12.2 Å².